The number of benzene rings is 1. The van der Waals surface area contributed by atoms with Gasteiger partial charge in [-0.2, -0.15) is 18.4 Å². The molecule has 2 aromatic rings. The van der Waals surface area contributed by atoms with E-state index >= 15 is 0 Å². The van der Waals surface area contributed by atoms with Crippen LogP contribution < -0.4 is 0 Å². The summed E-state index contributed by atoms with van der Waals surface area (Å²) < 4.78 is 42.5. The van der Waals surface area contributed by atoms with Crippen LogP contribution in [0.25, 0.3) is 10.9 Å². The summed E-state index contributed by atoms with van der Waals surface area (Å²) >= 11 is 0. The third kappa shape index (κ3) is 3.08. The van der Waals surface area contributed by atoms with Crippen molar-refractivity contribution in [2.75, 3.05) is 0 Å². The third-order valence-electron chi connectivity index (χ3n) is 4.33. The van der Waals surface area contributed by atoms with Crippen LogP contribution in [0.5, 0.6) is 0 Å². The molecule has 0 atom stereocenters. The molecule has 2 nitrogen and oxygen atoms in total. The van der Waals surface area contributed by atoms with Gasteiger partial charge >= 0.3 is 6.18 Å². The Hall–Kier alpha value is -1.96. The van der Waals surface area contributed by atoms with Gasteiger partial charge in [-0.3, -0.25) is 0 Å². The highest BCUT2D eigenvalue weighted by Gasteiger charge is 2.37. The van der Waals surface area contributed by atoms with Crippen LogP contribution in [0.15, 0.2) is 18.2 Å². The maximum absolute atomic E-state index is 13.5. The Bertz CT molecular complexity index is 774. The zero-order valence-corrected chi connectivity index (χ0v) is 13.2. The lowest BCUT2D eigenvalue weighted by Gasteiger charge is -2.13. The van der Waals surface area contributed by atoms with Crippen molar-refractivity contribution in [1.29, 1.82) is 5.26 Å². The number of hydrogen-bond acceptors (Lipinski definition) is 1. The molecule has 0 aliphatic heterocycles. The first-order chi connectivity index (χ1) is 10.8. The van der Waals surface area contributed by atoms with Crippen LogP contribution in [-0.4, -0.2) is 4.57 Å². The van der Waals surface area contributed by atoms with Gasteiger partial charge in [0, 0.05) is 23.1 Å². The second-order valence-electron chi connectivity index (χ2n) is 6.82. The molecule has 0 unspecified atom stereocenters. The monoisotopic (exact) mass is 320 g/mol. The quantitative estimate of drug-likeness (QED) is 0.766. The molecular formula is C18H19F3N2. The lowest BCUT2D eigenvalue weighted by atomic mass is 10.0. The second-order valence-corrected chi connectivity index (χ2v) is 6.82. The normalized spacial score (nSPS) is 15.3. The van der Waals surface area contributed by atoms with Crippen molar-refractivity contribution in [2.24, 2.45) is 11.8 Å². The molecule has 1 aliphatic carbocycles. The molecule has 0 N–H and O–H groups in total. The number of alkyl halides is 3. The molecule has 23 heavy (non-hydrogen) atoms. The fourth-order valence-corrected chi connectivity index (χ4v) is 3.15. The predicted molar refractivity (Wildman–Crippen MR) is 82.9 cm³/mol. The number of nitriles is 1. The van der Waals surface area contributed by atoms with Crippen LogP contribution in [0, 0.1) is 23.2 Å². The largest absolute Gasteiger partial charge is 0.418 e. The Morgan fingerprint density at radius 3 is 2.52 bits per heavy atom. The van der Waals surface area contributed by atoms with Crippen molar-refractivity contribution < 1.29 is 13.2 Å². The van der Waals surface area contributed by atoms with Gasteiger partial charge in [-0.15, -0.1) is 0 Å². The Labute approximate surface area is 133 Å². The van der Waals surface area contributed by atoms with Crippen LogP contribution in [0.4, 0.5) is 13.2 Å². The first kappa shape index (κ1) is 15.9. The van der Waals surface area contributed by atoms with Gasteiger partial charge < -0.3 is 4.57 Å². The molecule has 122 valence electrons. The molecule has 0 saturated heterocycles. The number of rotatable bonds is 4. The van der Waals surface area contributed by atoms with Crippen LogP contribution in [0.1, 0.15) is 43.5 Å². The number of halogens is 3. The van der Waals surface area contributed by atoms with E-state index in [0.717, 1.165) is 31.5 Å². The minimum absolute atomic E-state index is 0.160. The average molecular weight is 320 g/mol. The van der Waals surface area contributed by atoms with E-state index in [2.05, 4.69) is 13.8 Å². The topological polar surface area (TPSA) is 28.7 Å². The Balaban J connectivity index is 2.25. The highest BCUT2D eigenvalue weighted by molar-refractivity contribution is 5.87. The summed E-state index contributed by atoms with van der Waals surface area (Å²) in [6.07, 6.45) is -1.50. The van der Waals surface area contributed by atoms with Crippen LogP contribution in [-0.2, 0) is 19.1 Å². The van der Waals surface area contributed by atoms with E-state index in [-0.39, 0.29) is 10.9 Å². The summed E-state index contributed by atoms with van der Waals surface area (Å²) in [4.78, 5) is 0. The van der Waals surface area contributed by atoms with Crippen LogP contribution in [0.3, 0.4) is 0 Å². The van der Waals surface area contributed by atoms with Crippen molar-refractivity contribution in [1.82, 2.24) is 4.57 Å². The summed E-state index contributed by atoms with van der Waals surface area (Å²) in [6, 6.07) is 6.29. The Morgan fingerprint density at radius 2 is 2.00 bits per heavy atom. The van der Waals surface area contributed by atoms with Gasteiger partial charge in [0.15, 0.2) is 0 Å². The standard InChI is InChI=1S/C18H19F3N2/c1-11(2)7-14-8-15-16(23(14)10-12-3-4-12)6-5-13(9-22)17(15)18(19,20)21/h5-6,8,11-12H,3-4,7,10H2,1-2H3. The molecule has 1 aliphatic rings. The molecule has 1 saturated carbocycles. The van der Waals surface area contributed by atoms with Crippen molar-refractivity contribution in [3.63, 3.8) is 0 Å². The summed E-state index contributed by atoms with van der Waals surface area (Å²) in [7, 11) is 0. The molecule has 1 heterocycles. The highest BCUT2D eigenvalue weighted by atomic mass is 19.4. The summed E-state index contributed by atoms with van der Waals surface area (Å²) in [6.45, 7) is 4.89. The number of fused-ring (bicyclic) bond motifs is 1. The van der Waals surface area contributed by atoms with E-state index in [1.165, 1.54) is 6.07 Å². The summed E-state index contributed by atoms with van der Waals surface area (Å²) in [5, 5.41) is 9.22. The van der Waals surface area contributed by atoms with E-state index in [1.54, 1.807) is 18.2 Å². The van der Waals surface area contributed by atoms with Crippen LogP contribution >= 0.6 is 0 Å². The van der Waals surface area contributed by atoms with E-state index in [0.29, 0.717) is 17.4 Å². The SMILES string of the molecule is CC(C)Cc1cc2c(C(F)(F)F)c(C#N)ccc2n1CC1CC1. The van der Waals surface area contributed by atoms with E-state index in [9.17, 15) is 13.2 Å². The molecule has 1 fully saturated rings. The number of aromatic nitrogens is 1. The van der Waals surface area contributed by atoms with Crippen molar-refractivity contribution >= 4 is 10.9 Å². The van der Waals surface area contributed by atoms with Gasteiger partial charge in [0.05, 0.1) is 17.2 Å². The fourth-order valence-electron chi connectivity index (χ4n) is 3.15. The van der Waals surface area contributed by atoms with Crippen molar-refractivity contribution in [3.8, 4) is 6.07 Å². The molecule has 3 rings (SSSR count). The molecule has 1 aromatic heterocycles. The first-order valence-corrected chi connectivity index (χ1v) is 7.93. The molecule has 0 amide bonds. The summed E-state index contributed by atoms with van der Waals surface area (Å²) in [5.41, 5.74) is 0.433. The zero-order valence-electron chi connectivity index (χ0n) is 13.2. The second kappa shape index (κ2) is 5.59. The highest BCUT2D eigenvalue weighted by Crippen LogP contribution is 2.40. The average Bonchev–Trinajstić information content (AvgIpc) is 3.20. The molecule has 0 bridgehead atoms. The maximum atomic E-state index is 13.5. The Morgan fingerprint density at radius 1 is 1.30 bits per heavy atom. The number of nitrogens with zero attached hydrogens (tertiary/aromatic N) is 2. The van der Waals surface area contributed by atoms with E-state index in [1.807, 2.05) is 4.57 Å². The predicted octanol–water partition coefficient (Wildman–Crippen LogP) is 5.14. The number of hydrogen-bond donors (Lipinski definition) is 0. The van der Waals surface area contributed by atoms with Gasteiger partial charge in [-0.05, 0) is 49.3 Å². The molecule has 1 aromatic carbocycles. The van der Waals surface area contributed by atoms with Gasteiger partial charge in [0.25, 0.3) is 0 Å². The van der Waals surface area contributed by atoms with Gasteiger partial charge in [0.2, 0.25) is 0 Å². The smallest absolute Gasteiger partial charge is 0.344 e. The minimum atomic E-state index is -4.52. The lowest BCUT2D eigenvalue weighted by molar-refractivity contribution is -0.136. The lowest BCUT2D eigenvalue weighted by Crippen LogP contribution is -2.09. The van der Waals surface area contributed by atoms with Gasteiger partial charge in [-0.1, -0.05) is 13.8 Å². The van der Waals surface area contributed by atoms with Gasteiger partial charge in [-0.25, -0.2) is 0 Å². The molecule has 0 radical (unpaired) electrons. The van der Waals surface area contributed by atoms with E-state index < -0.39 is 11.7 Å². The van der Waals surface area contributed by atoms with E-state index in [4.69, 9.17) is 5.26 Å². The van der Waals surface area contributed by atoms with Crippen LogP contribution in [0.2, 0.25) is 0 Å². The molecule has 5 heteroatoms. The Kier molecular flexibility index (Phi) is 3.87. The zero-order chi connectivity index (χ0) is 16.8. The molecular weight excluding hydrogens is 301 g/mol. The van der Waals surface area contributed by atoms with Crippen molar-refractivity contribution in [2.45, 2.75) is 45.8 Å². The minimum Gasteiger partial charge on any atom is -0.344 e. The summed E-state index contributed by atoms with van der Waals surface area (Å²) in [5.74, 6) is 0.934. The fraction of sp³-hybridized carbons (Fsp3) is 0.500. The third-order valence-corrected chi connectivity index (χ3v) is 4.33. The van der Waals surface area contributed by atoms with Crippen molar-refractivity contribution in [3.05, 3.63) is 35.0 Å². The first-order valence-electron chi connectivity index (χ1n) is 7.93. The maximum Gasteiger partial charge on any atom is 0.418 e. The van der Waals surface area contributed by atoms with Gasteiger partial charge in [0.1, 0.15) is 0 Å². The molecule has 0 spiro atoms.